The number of nitrogens with zero attached hydrogens (tertiary/aromatic N) is 2. The van der Waals surface area contributed by atoms with E-state index in [0.29, 0.717) is 22.0 Å². The number of aliphatic imine (C=N–C) groups is 1. The number of methoxy groups -OCH3 is 1. The van der Waals surface area contributed by atoms with Crippen molar-refractivity contribution in [1.82, 2.24) is 0 Å². The van der Waals surface area contributed by atoms with Crippen LogP contribution in [0, 0.1) is 5.75 Å². The van der Waals surface area contributed by atoms with Gasteiger partial charge in [0.05, 0.1) is 12.0 Å². The van der Waals surface area contributed by atoms with Gasteiger partial charge in [0, 0.05) is 10.0 Å². The highest BCUT2D eigenvalue weighted by atomic mass is 35.5. The summed E-state index contributed by atoms with van der Waals surface area (Å²) in [5.41, 5.74) is 0.944. The van der Waals surface area contributed by atoms with Crippen molar-refractivity contribution in [3.05, 3.63) is 93.4 Å². The molecule has 30 heavy (non-hydrogen) atoms. The van der Waals surface area contributed by atoms with Crippen LogP contribution in [0.5, 0.6) is 5.75 Å². The Labute approximate surface area is 184 Å². The SMILES string of the molecule is COc1ccc([N-]C([O-])=Nc2cccc(S(=O)(=O)[CH-]c3ccc(Cl)c(Cl)c3)c2)cc1. The summed E-state index contributed by atoms with van der Waals surface area (Å²) in [5.74, 6) is 1.70. The monoisotopic (exact) mass is 461 g/mol. The second-order valence-electron chi connectivity index (χ2n) is 6.04. The Morgan fingerprint density at radius 1 is 1.03 bits per heavy atom. The maximum atomic E-state index is 12.7. The van der Waals surface area contributed by atoms with Crippen LogP contribution in [-0.2, 0) is 9.84 Å². The first-order chi connectivity index (χ1) is 14.3. The van der Waals surface area contributed by atoms with E-state index in [4.69, 9.17) is 27.9 Å². The molecule has 0 aliphatic carbocycles. The van der Waals surface area contributed by atoms with Crippen LogP contribution in [0.2, 0.25) is 10.0 Å². The second kappa shape index (κ2) is 9.30. The first-order valence-corrected chi connectivity index (χ1v) is 10.8. The van der Waals surface area contributed by atoms with E-state index in [1.807, 2.05) is 0 Å². The molecule has 0 radical (unpaired) electrons. The molecule has 3 rings (SSSR count). The topological polar surface area (TPSA) is 92.9 Å². The minimum atomic E-state index is -3.81. The van der Waals surface area contributed by atoms with Gasteiger partial charge >= 0.3 is 0 Å². The van der Waals surface area contributed by atoms with Gasteiger partial charge in [0.2, 0.25) is 0 Å². The van der Waals surface area contributed by atoms with E-state index in [9.17, 15) is 13.5 Å². The molecule has 6 nitrogen and oxygen atoms in total. The predicted molar refractivity (Wildman–Crippen MR) is 117 cm³/mol. The molecule has 0 aliphatic heterocycles. The highest BCUT2D eigenvalue weighted by Crippen LogP contribution is 2.28. The van der Waals surface area contributed by atoms with Crippen LogP contribution < -0.4 is 9.84 Å². The summed E-state index contributed by atoms with van der Waals surface area (Å²) in [7, 11) is -2.28. The highest BCUT2D eigenvalue weighted by Gasteiger charge is 2.11. The van der Waals surface area contributed by atoms with Crippen LogP contribution in [0.1, 0.15) is 5.56 Å². The van der Waals surface area contributed by atoms with Gasteiger partial charge in [0.15, 0.2) is 9.84 Å². The largest absolute Gasteiger partial charge is 0.879 e. The van der Waals surface area contributed by atoms with Gasteiger partial charge in [-0.1, -0.05) is 59.3 Å². The van der Waals surface area contributed by atoms with Gasteiger partial charge in [-0.2, -0.15) is 11.6 Å². The Balaban J connectivity index is 1.78. The Morgan fingerprint density at radius 2 is 1.77 bits per heavy atom. The summed E-state index contributed by atoms with van der Waals surface area (Å²) in [6.07, 6.45) is 0. The van der Waals surface area contributed by atoms with Crippen molar-refractivity contribution in [3.8, 4) is 5.75 Å². The normalized spacial score (nSPS) is 11.8. The molecule has 3 aromatic rings. The van der Waals surface area contributed by atoms with E-state index < -0.39 is 15.9 Å². The number of hydrogen-bond donors (Lipinski definition) is 0. The number of hydrogen-bond acceptors (Lipinski definition) is 5. The summed E-state index contributed by atoms with van der Waals surface area (Å²) in [6, 6.07) is 16.0. The van der Waals surface area contributed by atoms with Gasteiger partial charge in [-0.15, -0.1) is 12.1 Å². The van der Waals surface area contributed by atoms with E-state index in [-0.39, 0.29) is 15.6 Å². The molecule has 156 valence electrons. The van der Waals surface area contributed by atoms with E-state index >= 15 is 0 Å². The van der Waals surface area contributed by atoms with Crippen LogP contribution >= 0.6 is 23.2 Å². The van der Waals surface area contributed by atoms with Crippen molar-refractivity contribution in [2.24, 2.45) is 4.99 Å². The second-order valence-corrected chi connectivity index (χ2v) is 8.65. The average Bonchev–Trinajstić information content (AvgIpc) is 2.71. The van der Waals surface area contributed by atoms with Gasteiger partial charge in [-0.05, 0) is 35.6 Å². The number of halogens is 2. The predicted octanol–water partition coefficient (Wildman–Crippen LogP) is 5.04. The molecule has 0 heterocycles. The molecule has 3 aromatic carbocycles. The molecule has 0 atom stereocenters. The fraction of sp³-hybridized carbons (Fsp3) is 0.0476. The fourth-order valence-corrected chi connectivity index (χ4v) is 3.97. The first-order valence-electron chi connectivity index (χ1n) is 8.53. The van der Waals surface area contributed by atoms with Gasteiger partial charge in [-0.3, -0.25) is 0 Å². The lowest BCUT2D eigenvalue weighted by Gasteiger charge is -2.25. The van der Waals surface area contributed by atoms with Crippen LogP contribution in [0.3, 0.4) is 0 Å². The van der Waals surface area contributed by atoms with Crippen molar-refractivity contribution in [2.75, 3.05) is 7.11 Å². The third-order valence-electron chi connectivity index (χ3n) is 3.90. The smallest absolute Gasteiger partial charge is 0.155 e. The zero-order chi connectivity index (χ0) is 21.7. The van der Waals surface area contributed by atoms with Crippen LogP contribution in [-0.4, -0.2) is 21.5 Å². The Bertz CT molecular complexity index is 1180. The molecule has 0 aliphatic rings. The highest BCUT2D eigenvalue weighted by molar-refractivity contribution is 7.93. The summed E-state index contributed by atoms with van der Waals surface area (Å²) in [4.78, 5) is 3.83. The Kier molecular flexibility index (Phi) is 6.77. The molecule has 0 saturated heterocycles. The van der Waals surface area contributed by atoms with Crippen LogP contribution in [0.4, 0.5) is 11.4 Å². The number of benzene rings is 3. The maximum Gasteiger partial charge on any atom is 0.155 e. The lowest BCUT2D eigenvalue weighted by molar-refractivity contribution is -0.212. The molecule has 0 bridgehead atoms. The van der Waals surface area contributed by atoms with Crippen molar-refractivity contribution in [1.29, 1.82) is 0 Å². The van der Waals surface area contributed by atoms with Crippen molar-refractivity contribution < 1.29 is 18.3 Å². The molecule has 0 N–H and O–H groups in total. The van der Waals surface area contributed by atoms with Gasteiger partial charge in [-0.25, -0.2) is 8.42 Å². The third kappa shape index (κ3) is 5.60. The van der Waals surface area contributed by atoms with E-state index in [2.05, 4.69) is 10.3 Å². The van der Waals surface area contributed by atoms with Gasteiger partial charge in [0.1, 0.15) is 5.75 Å². The molecular formula is C21H15Cl2N2O4S-3. The molecule has 0 aromatic heterocycles. The third-order valence-corrected chi connectivity index (χ3v) is 6.14. The zero-order valence-electron chi connectivity index (χ0n) is 15.6. The van der Waals surface area contributed by atoms with E-state index in [0.717, 1.165) is 5.75 Å². The lowest BCUT2D eigenvalue weighted by Crippen LogP contribution is -2.14. The minimum absolute atomic E-state index is 0.0212. The quantitative estimate of drug-likeness (QED) is 0.292. The van der Waals surface area contributed by atoms with E-state index in [1.165, 1.54) is 49.6 Å². The van der Waals surface area contributed by atoms with Crippen LogP contribution in [0.15, 0.2) is 76.6 Å². The Hall–Kier alpha value is -2.87. The van der Waals surface area contributed by atoms with Crippen molar-refractivity contribution in [3.63, 3.8) is 0 Å². The van der Waals surface area contributed by atoms with Crippen molar-refractivity contribution in [2.45, 2.75) is 4.90 Å². The average molecular weight is 462 g/mol. The molecular weight excluding hydrogens is 447 g/mol. The number of sulfone groups is 1. The molecule has 0 saturated carbocycles. The van der Waals surface area contributed by atoms with Crippen LogP contribution in [0.25, 0.3) is 5.32 Å². The molecule has 0 fully saturated rings. The Morgan fingerprint density at radius 3 is 2.43 bits per heavy atom. The molecule has 0 amide bonds. The fourth-order valence-electron chi connectivity index (χ4n) is 2.47. The van der Waals surface area contributed by atoms with Gasteiger partial charge < -0.3 is 20.2 Å². The number of ether oxygens (including phenoxy) is 1. The summed E-state index contributed by atoms with van der Waals surface area (Å²) in [5, 5.41) is 16.5. The standard InChI is InChI=1S/C21H16Cl2N2O4S/c1-29-17-8-6-15(7-9-17)24-21(26)25-16-3-2-4-18(12-16)30(27,28)13-14-5-10-19(22)20(23)11-14/h2-13H,1H3,(H-,24,25,26)/q-2/p-1. The number of rotatable bonds is 6. The number of amidine groups is 1. The van der Waals surface area contributed by atoms with Crippen molar-refractivity contribution >= 4 is 50.4 Å². The first kappa shape index (κ1) is 21.8. The molecule has 0 spiro atoms. The zero-order valence-corrected chi connectivity index (χ0v) is 17.9. The summed E-state index contributed by atoms with van der Waals surface area (Å²) in [6.45, 7) is 0. The van der Waals surface area contributed by atoms with E-state index in [1.54, 1.807) is 24.3 Å². The summed E-state index contributed by atoms with van der Waals surface area (Å²) >= 11 is 11.8. The molecule has 9 heteroatoms. The summed E-state index contributed by atoms with van der Waals surface area (Å²) < 4.78 is 30.4. The maximum absolute atomic E-state index is 12.7. The minimum Gasteiger partial charge on any atom is -0.879 e. The molecule has 0 unspecified atom stereocenters. The van der Waals surface area contributed by atoms with Gasteiger partial charge in [0.25, 0.3) is 0 Å². The lowest BCUT2D eigenvalue weighted by atomic mass is 10.2.